The van der Waals surface area contributed by atoms with Crippen LogP contribution in [0, 0.1) is 0 Å². The average Bonchev–Trinajstić information content (AvgIpc) is 2.90. The molecule has 1 aliphatic heterocycles. The molecule has 0 unspecified atom stereocenters. The number of pyridine rings is 1. The monoisotopic (exact) mass is 385 g/mol. The Balaban J connectivity index is 2.35. The van der Waals surface area contributed by atoms with Gasteiger partial charge in [-0.05, 0) is 24.3 Å². The number of rotatable bonds is 3. The number of fused-ring (bicyclic) bond motifs is 1. The smallest absolute Gasteiger partial charge is 0.265 e. The van der Waals surface area contributed by atoms with Gasteiger partial charge in [0.2, 0.25) is 9.84 Å². The fourth-order valence-electron chi connectivity index (χ4n) is 2.35. The third-order valence-electron chi connectivity index (χ3n) is 3.33. The Labute approximate surface area is 134 Å². The molecule has 0 bridgehead atoms. The van der Waals surface area contributed by atoms with Crippen molar-refractivity contribution in [3.05, 3.63) is 58.7 Å². The van der Waals surface area contributed by atoms with Crippen molar-refractivity contribution in [3.63, 3.8) is 0 Å². The average molecular weight is 386 g/mol. The zero-order valence-electron chi connectivity index (χ0n) is 11.1. The molecule has 1 N–H and O–H groups in total. The van der Waals surface area contributed by atoms with Crippen LogP contribution in [0.5, 0.6) is 0 Å². The fraction of sp³-hybridized carbons (Fsp3) is 0.0667. The molecule has 0 spiro atoms. The number of H-pyrrole nitrogens is 1. The van der Waals surface area contributed by atoms with E-state index in [1.807, 2.05) is 0 Å². The van der Waals surface area contributed by atoms with Crippen molar-refractivity contribution in [1.82, 2.24) is 4.98 Å². The largest absolute Gasteiger partial charge is 0.360 e. The summed E-state index contributed by atoms with van der Waals surface area (Å²) in [6.45, 7) is 0. The number of sulfone groups is 1. The Bertz CT molecular complexity index is 891. The predicted molar refractivity (Wildman–Crippen MR) is 82.0 cm³/mol. The fourth-order valence-corrected chi connectivity index (χ4v) is 4.44. The molecule has 2 aliphatic rings. The van der Waals surface area contributed by atoms with Crippen LogP contribution >= 0.6 is 15.9 Å². The molecule has 0 radical (unpaired) electrons. The summed E-state index contributed by atoms with van der Waals surface area (Å²) in [4.78, 5) is 2.38. The van der Waals surface area contributed by atoms with Gasteiger partial charge in [-0.25, -0.2) is 17.2 Å². The molecular weight excluding hydrogens is 376 g/mol. The molecule has 1 heterocycles. The van der Waals surface area contributed by atoms with Gasteiger partial charge in [0.05, 0.1) is 10.6 Å². The molecule has 0 saturated heterocycles. The number of hydrogen-bond donors (Lipinski definition) is 1. The van der Waals surface area contributed by atoms with Gasteiger partial charge in [-0.2, -0.15) is 0 Å². The van der Waals surface area contributed by atoms with Crippen molar-refractivity contribution in [2.24, 2.45) is 0 Å². The third kappa shape index (κ3) is 2.34. The number of alkyl halides is 2. The Kier molecular flexibility index (Phi) is 3.78. The minimum absolute atomic E-state index is 0.0159. The van der Waals surface area contributed by atoms with Gasteiger partial charge < -0.3 is 4.98 Å². The van der Waals surface area contributed by atoms with Crippen molar-refractivity contribution in [2.75, 3.05) is 0 Å². The first-order chi connectivity index (χ1) is 10.4. The van der Waals surface area contributed by atoms with Gasteiger partial charge in [-0.3, -0.25) is 0 Å². The number of halogens is 3. The molecule has 3 rings (SSSR count). The molecule has 0 atom stereocenters. The number of nitrogens with one attached hydrogen (secondary N) is 1. The maximum atomic E-state index is 13.3. The number of benzene rings is 1. The molecule has 0 fully saturated rings. The summed E-state index contributed by atoms with van der Waals surface area (Å²) in [5.74, 6) is 0. The van der Waals surface area contributed by atoms with E-state index in [0.29, 0.717) is 10.0 Å². The highest BCUT2D eigenvalue weighted by Gasteiger charge is 2.33. The molecule has 1 aliphatic carbocycles. The van der Waals surface area contributed by atoms with E-state index in [-0.39, 0.29) is 15.5 Å². The molecule has 0 saturated carbocycles. The van der Waals surface area contributed by atoms with E-state index >= 15 is 0 Å². The molecule has 1 aromatic rings. The number of hydrogen-bond acceptors (Lipinski definition) is 2. The second kappa shape index (κ2) is 5.48. The first-order valence-corrected chi connectivity index (χ1v) is 8.58. The molecule has 7 heteroatoms. The van der Waals surface area contributed by atoms with Crippen LogP contribution in [-0.4, -0.2) is 13.4 Å². The highest BCUT2D eigenvalue weighted by atomic mass is 79.9. The number of aromatic amines is 1. The predicted octanol–water partition coefficient (Wildman–Crippen LogP) is 4.65. The van der Waals surface area contributed by atoms with Gasteiger partial charge >= 0.3 is 0 Å². The second-order valence-electron chi connectivity index (χ2n) is 4.66. The standard InChI is InChI=1S/C15H10BrF2NO2S/c16-12-6-7-19-13-10(12)8-11(15(17)18)14(13)22(20,21)9-4-2-1-3-5-9/h1-8,15,19H. The first-order valence-electron chi connectivity index (χ1n) is 6.30. The van der Waals surface area contributed by atoms with Crippen molar-refractivity contribution in [3.8, 4) is 11.3 Å². The van der Waals surface area contributed by atoms with Crippen LogP contribution in [0.1, 0.15) is 12.0 Å². The van der Waals surface area contributed by atoms with Gasteiger partial charge in [0.25, 0.3) is 6.43 Å². The van der Waals surface area contributed by atoms with Crippen LogP contribution in [-0.2, 0) is 9.84 Å². The first kappa shape index (κ1) is 15.2. The minimum atomic E-state index is -4.05. The van der Waals surface area contributed by atoms with Crippen molar-refractivity contribution < 1.29 is 17.2 Å². The molecule has 114 valence electrons. The number of aromatic nitrogens is 1. The second-order valence-corrected chi connectivity index (χ2v) is 7.40. The molecule has 0 aromatic heterocycles. The zero-order valence-corrected chi connectivity index (χ0v) is 13.5. The molecular formula is C15H10BrF2NO2S. The summed E-state index contributed by atoms with van der Waals surface area (Å²) < 4.78 is 52.8. The lowest BCUT2D eigenvalue weighted by atomic mass is 10.2. The Morgan fingerprint density at radius 3 is 2.41 bits per heavy atom. The third-order valence-corrected chi connectivity index (χ3v) is 5.89. The van der Waals surface area contributed by atoms with Gasteiger partial charge in [0.1, 0.15) is 4.90 Å². The Morgan fingerprint density at radius 2 is 1.77 bits per heavy atom. The summed E-state index contributed by atoms with van der Waals surface area (Å²) >= 11 is 3.26. The van der Waals surface area contributed by atoms with E-state index in [9.17, 15) is 17.2 Å². The molecule has 0 amide bonds. The Hall–Kier alpha value is -1.73. The zero-order chi connectivity index (χ0) is 15.9. The van der Waals surface area contributed by atoms with Crippen LogP contribution in [0.25, 0.3) is 11.3 Å². The highest BCUT2D eigenvalue weighted by Crippen LogP contribution is 2.43. The summed E-state index contributed by atoms with van der Waals surface area (Å²) in [5, 5.41) is 0. The van der Waals surface area contributed by atoms with Crippen LogP contribution in [0.4, 0.5) is 8.78 Å². The van der Waals surface area contributed by atoms with Crippen LogP contribution in [0.3, 0.4) is 0 Å². The molecule has 1 aromatic carbocycles. The van der Waals surface area contributed by atoms with Gasteiger partial charge in [0.15, 0.2) is 0 Å². The lowest BCUT2D eigenvalue weighted by Crippen LogP contribution is -2.05. The quantitative estimate of drug-likeness (QED) is 0.712. The summed E-state index contributed by atoms with van der Waals surface area (Å²) in [7, 11) is -4.05. The molecule has 22 heavy (non-hydrogen) atoms. The summed E-state index contributed by atoms with van der Waals surface area (Å²) in [6.07, 6.45) is -1.38. The topological polar surface area (TPSA) is 49.9 Å². The van der Waals surface area contributed by atoms with E-state index in [4.69, 9.17) is 0 Å². The Morgan fingerprint density at radius 1 is 1.09 bits per heavy atom. The van der Waals surface area contributed by atoms with Gasteiger partial charge in [-0.1, -0.05) is 34.1 Å². The van der Waals surface area contributed by atoms with Gasteiger partial charge in [-0.15, -0.1) is 0 Å². The van der Waals surface area contributed by atoms with E-state index in [2.05, 4.69) is 20.9 Å². The van der Waals surface area contributed by atoms with E-state index in [1.54, 1.807) is 24.3 Å². The van der Waals surface area contributed by atoms with Crippen LogP contribution in [0.2, 0.25) is 0 Å². The maximum absolute atomic E-state index is 13.3. The van der Waals surface area contributed by atoms with Crippen molar-refractivity contribution >= 4 is 25.8 Å². The van der Waals surface area contributed by atoms with Crippen molar-refractivity contribution in [1.29, 1.82) is 0 Å². The summed E-state index contributed by atoms with van der Waals surface area (Å²) in [5.41, 5.74) is 0.0860. The van der Waals surface area contributed by atoms with Gasteiger partial charge in [0, 0.05) is 21.8 Å². The van der Waals surface area contributed by atoms with Crippen LogP contribution < -0.4 is 0 Å². The van der Waals surface area contributed by atoms with Crippen LogP contribution in [0.15, 0.2) is 62.9 Å². The summed E-state index contributed by atoms with van der Waals surface area (Å²) in [6, 6.07) is 10.4. The maximum Gasteiger partial charge on any atom is 0.265 e. The lowest BCUT2D eigenvalue weighted by molar-refractivity contribution is 0.148. The molecule has 3 nitrogen and oxygen atoms in total. The van der Waals surface area contributed by atoms with E-state index < -0.39 is 21.8 Å². The lowest BCUT2D eigenvalue weighted by Gasteiger charge is -2.09. The van der Waals surface area contributed by atoms with Crippen molar-refractivity contribution in [2.45, 2.75) is 16.2 Å². The SMILES string of the molecule is O=S(=O)(c1ccccc1)c1c(C(F)F)cc2c(Br)cc[nH]c1-2. The van der Waals surface area contributed by atoms with E-state index in [0.717, 1.165) is 0 Å². The minimum Gasteiger partial charge on any atom is -0.360 e. The van der Waals surface area contributed by atoms with E-state index in [1.165, 1.54) is 24.4 Å². The normalized spacial score (nSPS) is 12.2. The highest BCUT2D eigenvalue weighted by molar-refractivity contribution is 9.10.